The molecule has 27 heavy (non-hydrogen) atoms. The molecule has 7 nitrogen and oxygen atoms in total. The summed E-state index contributed by atoms with van der Waals surface area (Å²) >= 11 is 0. The van der Waals surface area contributed by atoms with Gasteiger partial charge in [0.1, 0.15) is 5.75 Å². The van der Waals surface area contributed by atoms with Crippen molar-refractivity contribution in [3.05, 3.63) is 48.6 Å². The Kier molecular flexibility index (Phi) is 5.80. The van der Waals surface area contributed by atoms with E-state index in [0.29, 0.717) is 37.2 Å². The first-order valence-electron chi connectivity index (χ1n) is 8.92. The highest BCUT2D eigenvalue weighted by Gasteiger charge is 2.35. The van der Waals surface area contributed by atoms with Gasteiger partial charge in [0.05, 0.1) is 11.6 Å². The van der Waals surface area contributed by atoms with Gasteiger partial charge in [0, 0.05) is 18.7 Å². The number of amides is 4. The minimum atomic E-state index is -0.517. The van der Waals surface area contributed by atoms with Gasteiger partial charge in [0.15, 0.2) is 0 Å². The Morgan fingerprint density at radius 2 is 1.89 bits per heavy atom. The number of carbonyl (C=O) groups is 3. The summed E-state index contributed by atoms with van der Waals surface area (Å²) < 4.78 is 0. The molecule has 1 atom stereocenters. The molecule has 0 fully saturated rings. The highest BCUT2D eigenvalue weighted by molar-refractivity contribution is 6.21. The van der Waals surface area contributed by atoms with Gasteiger partial charge in [-0.3, -0.25) is 14.5 Å². The molecule has 0 bridgehead atoms. The molecule has 3 rings (SSSR count). The second-order valence-corrected chi connectivity index (χ2v) is 6.44. The maximum Gasteiger partial charge on any atom is 0.350 e. The lowest BCUT2D eigenvalue weighted by Crippen LogP contribution is -2.46. The van der Waals surface area contributed by atoms with Crippen LogP contribution in [0.1, 0.15) is 25.7 Å². The van der Waals surface area contributed by atoms with Gasteiger partial charge in [-0.2, -0.15) is 4.99 Å². The van der Waals surface area contributed by atoms with E-state index in [2.05, 4.69) is 10.3 Å². The third-order valence-corrected chi connectivity index (χ3v) is 4.42. The van der Waals surface area contributed by atoms with E-state index in [1.54, 1.807) is 36.4 Å². The molecule has 7 heteroatoms. The van der Waals surface area contributed by atoms with Crippen molar-refractivity contribution >= 4 is 29.2 Å². The number of rotatable bonds is 7. The number of carbonyl (C=O) groups excluding carboxylic acids is 3. The minimum Gasteiger partial charge on any atom is -0.508 e. The van der Waals surface area contributed by atoms with Gasteiger partial charge in [-0.1, -0.05) is 24.6 Å². The lowest BCUT2D eigenvalue weighted by molar-refractivity contribution is -0.129. The molecule has 1 aromatic rings. The number of aromatic hydroxyl groups is 1. The van der Waals surface area contributed by atoms with Crippen molar-refractivity contribution in [2.24, 2.45) is 10.9 Å². The number of phenolic OH excluding ortho intramolecular Hbond substituents is 1. The number of aliphatic imine (C=N–C) groups is 1. The van der Waals surface area contributed by atoms with Crippen LogP contribution < -0.4 is 5.32 Å². The van der Waals surface area contributed by atoms with Crippen molar-refractivity contribution in [1.29, 1.82) is 0 Å². The number of unbranched alkanes of at least 4 members (excludes halogenated alkanes) is 2. The molecule has 1 aromatic carbocycles. The van der Waals surface area contributed by atoms with Crippen molar-refractivity contribution in [3.63, 3.8) is 0 Å². The normalized spacial score (nSPS) is 18.3. The zero-order valence-corrected chi connectivity index (χ0v) is 14.8. The van der Waals surface area contributed by atoms with Crippen molar-refractivity contribution in [1.82, 2.24) is 4.90 Å². The largest absolute Gasteiger partial charge is 0.508 e. The van der Waals surface area contributed by atoms with Gasteiger partial charge in [-0.15, -0.1) is 0 Å². The summed E-state index contributed by atoms with van der Waals surface area (Å²) in [6.45, 7) is 0.308. The Morgan fingerprint density at radius 1 is 1.11 bits per heavy atom. The standard InChI is InChI=1S/C20H21N3O4/c24-15-11-9-14(10-12-15)21-18(25)8-2-1-5-13-23-19(26)16-6-3-4-7-17(16)22-20(23)27/h3-4,6-7,9-12,16,24H,1-2,5,8,13H2,(H,21,25). The molecule has 140 valence electrons. The monoisotopic (exact) mass is 367 g/mol. The van der Waals surface area contributed by atoms with Crippen LogP contribution in [0, 0.1) is 5.92 Å². The molecule has 1 heterocycles. The number of nitrogens with one attached hydrogen (secondary N) is 1. The molecular formula is C20H21N3O4. The smallest absolute Gasteiger partial charge is 0.350 e. The highest BCUT2D eigenvalue weighted by atomic mass is 16.3. The maximum atomic E-state index is 12.4. The van der Waals surface area contributed by atoms with Crippen LogP contribution in [0.15, 0.2) is 53.6 Å². The van der Waals surface area contributed by atoms with E-state index in [1.807, 2.05) is 0 Å². The second kappa shape index (κ2) is 8.44. The SMILES string of the molecule is O=C(CCCCCN1C(=O)N=C2C=CC=CC2C1=O)Nc1ccc(O)cc1. The number of phenols is 1. The molecule has 0 aromatic heterocycles. The zero-order valence-electron chi connectivity index (χ0n) is 14.8. The summed E-state index contributed by atoms with van der Waals surface area (Å²) in [6.07, 6.45) is 9.32. The summed E-state index contributed by atoms with van der Waals surface area (Å²) in [4.78, 5) is 41.5. The summed E-state index contributed by atoms with van der Waals surface area (Å²) in [7, 11) is 0. The fraction of sp³-hybridized carbons (Fsp3) is 0.300. The van der Waals surface area contributed by atoms with Gasteiger partial charge in [0.25, 0.3) is 0 Å². The lowest BCUT2D eigenvalue weighted by atomic mass is 9.95. The number of anilines is 1. The Labute approximate surface area is 157 Å². The van der Waals surface area contributed by atoms with E-state index in [-0.39, 0.29) is 17.6 Å². The first-order valence-corrected chi connectivity index (χ1v) is 8.92. The van der Waals surface area contributed by atoms with E-state index in [4.69, 9.17) is 0 Å². The van der Waals surface area contributed by atoms with Crippen molar-refractivity contribution in [2.45, 2.75) is 25.7 Å². The van der Waals surface area contributed by atoms with Crippen LogP contribution in [0.3, 0.4) is 0 Å². The first kappa shape index (κ1) is 18.6. The second-order valence-electron chi connectivity index (χ2n) is 6.44. The average molecular weight is 367 g/mol. The van der Waals surface area contributed by atoms with E-state index in [1.165, 1.54) is 17.0 Å². The quantitative estimate of drug-likeness (QED) is 0.571. The first-order chi connectivity index (χ1) is 13.0. The summed E-state index contributed by atoms with van der Waals surface area (Å²) in [6, 6.07) is 5.76. The number of urea groups is 1. The van der Waals surface area contributed by atoms with Crippen molar-refractivity contribution < 1.29 is 19.5 Å². The fourth-order valence-electron chi connectivity index (χ4n) is 2.99. The highest BCUT2D eigenvalue weighted by Crippen LogP contribution is 2.20. The summed E-state index contributed by atoms with van der Waals surface area (Å²) in [5.41, 5.74) is 1.13. The molecule has 0 radical (unpaired) electrons. The maximum absolute atomic E-state index is 12.4. The number of hydrogen-bond acceptors (Lipinski definition) is 4. The molecular weight excluding hydrogens is 346 g/mol. The molecule has 4 amide bonds. The fourth-order valence-corrected chi connectivity index (χ4v) is 2.99. The summed E-state index contributed by atoms with van der Waals surface area (Å²) in [5.74, 6) is -0.676. The molecule has 2 N–H and O–H groups in total. The molecule has 0 saturated heterocycles. The molecule has 2 aliphatic rings. The van der Waals surface area contributed by atoms with E-state index >= 15 is 0 Å². The van der Waals surface area contributed by atoms with Crippen LogP contribution in [-0.2, 0) is 9.59 Å². The molecule has 0 spiro atoms. The molecule has 1 aliphatic heterocycles. The van der Waals surface area contributed by atoms with Crippen LogP contribution in [0.2, 0.25) is 0 Å². The average Bonchev–Trinajstić information content (AvgIpc) is 2.65. The Bertz CT molecular complexity index is 824. The minimum absolute atomic E-state index is 0.112. The molecule has 0 saturated carbocycles. The van der Waals surface area contributed by atoms with Crippen LogP contribution in [0.4, 0.5) is 10.5 Å². The van der Waals surface area contributed by atoms with E-state index in [0.717, 1.165) is 6.42 Å². The topological polar surface area (TPSA) is 99.1 Å². The Hall–Kier alpha value is -3.22. The van der Waals surface area contributed by atoms with Crippen LogP contribution >= 0.6 is 0 Å². The van der Waals surface area contributed by atoms with E-state index in [9.17, 15) is 19.5 Å². The Morgan fingerprint density at radius 3 is 2.67 bits per heavy atom. The number of imide groups is 1. The lowest BCUT2D eigenvalue weighted by Gasteiger charge is -2.28. The van der Waals surface area contributed by atoms with Gasteiger partial charge < -0.3 is 10.4 Å². The number of fused-ring (bicyclic) bond motifs is 1. The third-order valence-electron chi connectivity index (χ3n) is 4.42. The molecule has 1 unspecified atom stereocenters. The van der Waals surface area contributed by atoms with Crippen molar-refractivity contribution in [2.75, 3.05) is 11.9 Å². The zero-order chi connectivity index (χ0) is 19.2. The number of hydrogen-bond donors (Lipinski definition) is 2. The van der Waals surface area contributed by atoms with E-state index < -0.39 is 11.9 Å². The number of allylic oxidation sites excluding steroid dienone is 3. The Balaban J connectivity index is 1.39. The predicted octanol–water partition coefficient (Wildman–Crippen LogP) is 3.04. The van der Waals surface area contributed by atoms with Crippen LogP contribution in [0.5, 0.6) is 5.75 Å². The van der Waals surface area contributed by atoms with Gasteiger partial charge in [-0.05, 0) is 43.2 Å². The van der Waals surface area contributed by atoms with Gasteiger partial charge in [0.2, 0.25) is 11.8 Å². The van der Waals surface area contributed by atoms with Crippen molar-refractivity contribution in [3.8, 4) is 5.75 Å². The molecule has 1 aliphatic carbocycles. The van der Waals surface area contributed by atoms with Gasteiger partial charge in [-0.25, -0.2) is 4.79 Å². The van der Waals surface area contributed by atoms with Crippen LogP contribution in [-0.4, -0.2) is 40.1 Å². The van der Waals surface area contributed by atoms with Gasteiger partial charge >= 0.3 is 6.03 Å². The van der Waals surface area contributed by atoms with Crippen LogP contribution in [0.25, 0.3) is 0 Å². The number of nitrogens with zero attached hydrogens (tertiary/aromatic N) is 2. The summed E-state index contributed by atoms with van der Waals surface area (Å²) in [5, 5.41) is 12.0. The number of benzene rings is 1. The predicted molar refractivity (Wildman–Crippen MR) is 102 cm³/mol. The third kappa shape index (κ3) is 4.69.